The van der Waals surface area contributed by atoms with Crippen molar-refractivity contribution in [3.63, 3.8) is 0 Å². The van der Waals surface area contributed by atoms with Gasteiger partial charge >= 0.3 is 0 Å². The fourth-order valence-corrected chi connectivity index (χ4v) is 1.89. The summed E-state index contributed by atoms with van der Waals surface area (Å²) in [5, 5.41) is 0. The Morgan fingerprint density at radius 1 is 1.16 bits per heavy atom. The van der Waals surface area contributed by atoms with Crippen LogP contribution in [-0.4, -0.2) is 31.1 Å². The monoisotopic (exact) mass is 264 g/mol. The largest absolute Gasteiger partial charge is 0.491 e. The number of hydrogen-bond donors (Lipinski definition) is 1. The molecule has 0 saturated heterocycles. The number of ether oxygens (including phenoxy) is 1. The number of nitrogens with two attached hydrogens (primary N) is 1. The van der Waals surface area contributed by atoms with Gasteiger partial charge in [0.2, 0.25) is 0 Å². The molecule has 19 heavy (non-hydrogen) atoms. The lowest BCUT2D eigenvalue weighted by atomic mass is 10.1. The Hall–Kier alpha value is -1.06. The van der Waals surface area contributed by atoms with Crippen LogP contribution in [0.15, 0.2) is 24.3 Å². The first-order valence-corrected chi connectivity index (χ1v) is 7.15. The van der Waals surface area contributed by atoms with Gasteiger partial charge in [0.1, 0.15) is 5.75 Å². The predicted octanol–water partition coefficient (Wildman–Crippen LogP) is 2.89. The van der Waals surface area contributed by atoms with E-state index in [1.165, 1.54) is 5.56 Å². The molecular formula is C16H28N2O. The zero-order valence-corrected chi connectivity index (χ0v) is 12.7. The van der Waals surface area contributed by atoms with Gasteiger partial charge < -0.3 is 15.4 Å². The summed E-state index contributed by atoms with van der Waals surface area (Å²) in [7, 11) is 2.15. The molecular weight excluding hydrogens is 236 g/mol. The lowest BCUT2D eigenvalue weighted by molar-refractivity contribution is 0.242. The second-order valence-corrected chi connectivity index (χ2v) is 5.68. The lowest BCUT2D eigenvalue weighted by Crippen LogP contribution is -2.23. The maximum Gasteiger partial charge on any atom is 0.119 e. The van der Waals surface area contributed by atoms with Crippen molar-refractivity contribution in [2.45, 2.75) is 39.8 Å². The number of rotatable bonds is 8. The molecule has 1 unspecified atom stereocenters. The predicted molar refractivity (Wildman–Crippen MR) is 81.4 cm³/mol. The van der Waals surface area contributed by atoms with E-state index >= 15 is 0 Å². The van der Waals surface area contributed by atoms with E-state index in [2.05, 4.69) is 31.0 Å². The van der Waals surface area contributed by atoms with Gasteiger partial charge in [-0.2, -0.15) is 0 Å². The van der Waals surface area contributed by atoms with Crippen LogP contribution in [0.5, 0.6) is 5.75 Å². The molecule has 0 spiro atoms. The zero-order chi connectivity index (χ0) is 14.3. The maximum absolute atomic E-state index is 5.64. The summed E-state index contributed by atoms with van der Waals surface area (Å²) in [4.78, 5) is 2.34. The third-order valence-corrected chi connectivity index (χ3v) is 3.15. The first-order valence-electron chi connectivity index (χ1n) is 7.15. The number of benzene rings is 1. The molecule has 0 radical (unpaired) electrons. The second-order valence-electron chi connectivity index (χ2n) is 5.68. The van der Waals surface area contributed by atoms with Crippen LogP contribution in [-0.2, 0) is 6.54 Å². The average Bonchev–Trinajstić information content (AvgIpc) is 2.37. The minimum Gasteiger partial charge on any atom is -0.491 e. The van der Waals surface area contributed by atoms with Gasteiger partial charge in [-0.3, -0.25) is 0 Å². The molecule has 108 valence electrons. The van der Waals surface area contributed by atoms with Gasteiger partial charge in [0.25, 0.3) is 0 Å². The van der Waals surface area contributed by atoms with E-state index in [1.54, 1.807) is 0 Å². The SMILES string of the molecule is CC(CN)CCN(C)Cc1ccc(OC(C)C)cc1. The van der Waals surface area contributed by atoms with Crippen LogP contribution in [0, 0.1) is 5.92 Å². The summed E-state index contributed by atoms with van der Waals surface area (Å²) in [6.45, 7) is 9.11. The molecule has 1 aromatic rings. The van der Waals surface area contributed by atoms with Gasteiger partial charge in [0, 0.05) is 6.54 Å². The van der Waals surface area contributed by atoms with E-state index in [1.807, 2.05) is 26.0 Å². The standard InChI is InChI=1S/C16H28N2O/c1-13(2)19-16-7-5-15(6-8-16)12-18(4)10-9-14(3)11-17/h5-8,13-14H,9-12,17H2,1-4H3. The Kier molecular flexibility index (Phi) is 6.89. The van der Waals surface area contributed by atoms with Gasteiger partial charge in [0.05, 0.1) is 6.10 Å². The second kappa shape index (κ2) is 8.18. The topological polar surface area (TPSA) is 38.5 Å². The van der Waals surface area contributed by atoms with E-state index in [-0.39, 0.29) is 6.10 Å². The Balaban J connectivity index is 2.39. The summed E-state index contributed by atoms with van der Waals surface area (Å²) in [5.41, 5.74) is 6.95. The number of nitrogens with zero attached hydrogens (tertiary/aromatic N) is 1. The van der Waals surface area contributed by atoms with Crippen molar-refractivity contribution >= 4 is 0 Å². The average molecular weight is 264 g/mol. The van der Waals surface area contributed by atoms with Crippen molar-refractivity contribution in [1.82, 2.24) is 4.90 Å². The van der Waals surface area contributed by atoms with Gasteiger partial charge in [0.15, 0.2) is 0 Å². The molecule has 0 amide bonds. The molecule has 0 aromatic heterocycles. The fraction of sp³-hybridized carbons (Fsp3) is 0.625. The van der Waals surface area contributed by atoms with Crippen LogP contribution in [0.4, 0.5) is 0 Å². The molecule has 3 heteroatoms. The van der Waals surface area contributed by atoms with Crippen LogP contribution < -0.4 is 10.5 Å². The Morgan fingerprint density at radius 2 is 1.79 bits per heavy atom. The van der Waals surface area contributed by atoms with E-state index in [4.69, 9.17) is 10.5 Å². The van der Waals surface area contributed by atoms with Gasteiger partial charge in [-0.05, 0) is 64.0 Å². The molecule has 0 aliphatic heterocycles. The van der Waals surface area contributed by atoms with Crippen LogP contribution in [0.1, 0.15) is 32.8 Å². The van der Waals surface area contributed by atoms with Crippen LogP contribution in [0.3, 0.4) is 0 Å². The summed E-state index contributed by atoms with van der Waals surface area (Å²) in [6, 6.07) is 8.37. The molecule has 0 aliphatic rings. The minimum absolute atomic E-state index is 0.228. The molecule has 3 nitrogen and oxygen atoms in total. The Labute approximate surface area is 117 Å². The molecule has 1 aromatic carbocycles. The van der Waals surface area contributed by atoms with Crippen molar-refractivity contribution in [3.8, 4) is 5.75 Å². The Morgan fingerprint density at radius 3 is 2.32 bits per heavy atom. The van der Waals surface area contributed by atoms with E-state index in [0.717, 1.165) is 31.8 Å². The van der Waals surface area contributed by atoms with Crippen molar-refractivity contribution in [3.05, 3.63) is 29.8 Å². The molecule has 2 N–H and O–H groups in total. The van der Waals surface area contributed by atoms with Crippen molar-refractivity contribution in [2.24, 2.45) is 11.7 Å². The highest BCUT2D eigenvalue weighted by atomic mass is 16.5. The normalized spacial score (nSPS) is 13.0. The van der Waals surface area contributed by atoms with Crippen LogP contribution >= 0.6 is 0 Å². The summed E-state index contributed by atoms with van der Waals surface area (Å²) < 4.78 is 5.64. The highest BCUT2D eigenvalue weighted by molar-refractivity contribution is 5.27. The van der Waals surface area contributed by atoms with Gasteiger partial charge in [-0.1, -0.05) is 19.1 Å². The zero-order valence-electron chi connectivity index (χ0n) is 12.7. The van der Waals surface area contributed by atoms with E-state index < -0.39 is 0 Å². The first-order chi connectivity index (χ1) is 9.01. The molecule has 0 aliphatic carbocycles. The lowest BCUT2D eigenvalue weighted by Gasteiger charge is -2.19. The van der Waals surface area contributed by atoms with Crippen LogP contribution in [0.25, 0.3) is 0 Å². The maximum atomic E-state index is 5.64. The molecule has 0 saturated carbocycles. The van der Waals surface area contributed by atoms with Gasteiger partial charge in [-0.25, -0.2) is 0 Å². The molecule has 0 heterocycles. The van der Waals surface area contributed by atoms with E-state index in [0.29, 0.717) is 5.92 Å². The highest BCUT2D eigenvalue weighted by Gasteiger charge is 2.04. The van der Waals surface area contributed by atoms with Crippen molar-refractivity contribution in [2.75, 3.05) is 20.1 Å². The highest BCUT2D eigenvalue weighted by Crippen LogP contribution is 2.15. The fourth-order valence-electron chi connectivity index (χ4n) is 1.89. The summed E-state index contributed by atoms with van der Waals surface area (Å²) in [5.74, 6) is 1.54. The third kappa shape index (κ3) is 6.60. The van der Waals surface area contributed by atoms with Crippen LogP contribution in [0.2, 0.25) is 0 Å². The Bertz CT molecular complexity index is 348. The number of hydrogen-bond acceptors (Lipinski definition) is 3. The molecule has 0 fully saturated rings. The van der Waals surface area contributed by atoms with Crippen molar-refractivity contribution < 1.29 is 4.74 Å². The molecule has 1 atom stereocenters. The smallest absolute Gasteiger partial charge is 0.119 e. The molecule has 1 rings (SSSR count). The van der Waals surface area contributed by atoms with E-state index in [9.17, 15) is 0 Å². The third-order valence-electron chi connectivity index (χ3n) is 3.15. The van der Waals surface area contributed by atoms with Gasteiger partial charge in [-0.15, -0.1) is 0 Å². The van der Waals surface area contributed by atoms with Crippen molar-refractivity contribution in [1.29, 1.82) is 0 Å². The summed E-state index contributed by atoms with van der Waals surface area (Å²) in [6.07, 6.45) is 1.38. The summed E-state index contributed by atoms with van der Waals surface area (Å²) >= 11 is 0. The first kappa shape index (κ1) is 16.0. The molecule has 0 bridgehead atoms. The quantitative estimate of drug-likeness (QED) is 0.784. The minimum atomic E-state index is 0.228.